The van der Waals surface area contributed by atoms with Gasteiger partial charge in [0.25, 0.3) is 0 Å². The third-order valence-corrected chi connectivity index (χ3v) is 5.39. The van der Waals surface area contributed by atoms with Crippen molar-refractivity contribution in [3.05, 3.63) is 103 Å². The van der Waals surface area contributed by atoms with Gasteiger partial charge in [0.1, 0.15) is 12.1 Å². The zero-order chi connectivity index (χ0) is 21.3. The van der Waals surface area contributed by atoms with E-state index >= 15 is 0 Å². The van der Waals surface area contributed by atoms with E-state index in [9.17, 15) is 4.79 Å². The molecular weight excluding hydrogens is 406 g/mol. The van der Waals surface area contributed by atoms with Gasteiger partial charge in [0.15, 0.2) is 0 Å². The maximum absolute atomic E-state index is 12.0. The van der Waals surface area contributed by atoms with Crippen LogP contribution in [0.15, 0.2) is 102 Å². The van der Waals surface area contributed by atoms with Crippen molar-refractivity contribution in [3.63, 3.8) is 0 Å². The number of aromatic nitrogens is 2. The molecule has 7 heteroatoms. The Bertz CT molecular complexity index is 1120. The lowest BCUT2D eigenvalue weighted by Gasteiger charge is -2.11. The fourth-order valence-corrected chi connectivity index (χ4v) is 3.73. The second-order valence-electron chi connectivity index (χ2n) is 6.67. The number of urea groups is 1. The number of carbonyl (C=O) groups excluding carboxylic acids is 1. The molecule has 0 spiro atoms. The Labute approximate surface area is 185 Å². The molecule has 1 aromatic heterocycles. The molecule has 154 valence electrons. The van der Waals surface area contributed by atoms with Gasteiger partial charge >= 0.3 is 6.03 Å². The first-order valence-electron chi connectivity index (χ1n) is 9.75. The number of amides is 2. The van der Waals surface area contributed by atoms with Crippen molar-refractivity contribution in [2.24, 2.45) is 0 Å². The summed E-state index contributed by atoms with van der Waals surface area (Å²) in [6.07, 6.45) is 2.96. The Kier molecular flexibility index (Phi) is 6.77. The highest BCUT2D eigenvalue weighted by atomic mass is 32.2. The summed E-state index contributed by atoms with van der Waals surface area (Å²) in [5, 5.41) is 5.48. The standard InChI is InChI=1S/C24H21N5OS/c30-24(28-23-14-15-25-17-27-23)26-16-18-10-12-20(13-11-18)29-31-22-9-5-4-8-21(22)19-6-2-1-3-7-19/h1-15,17,29H,16H2,(H2,25,26,27,28,30). The van der Waals surface area contributed by atoms with E-state index in [0.717, 1.165) is 16.1 Å². The van der Waals surface area contributed by atoms with Crippen LogP contribution in [-0.4, -0.2) is 16.0 Å². The molecule has 0 saturated carbocycles. The molecule has 3 aromatic carbocycles. The van der Waals surface area contributed by atoms with Crippen molar-refractivity contribution in [2.45, 2.75) is 11.4 Å². The summed E-state index contributed by atoms with van der Waals surface area (Å²) in [7, 11) is 0. The van der Waals surface area contributed by atoms with Crippen LogP contribution in [0.2, 0.25) is 0 Å². The van der Waals surface area contributed by atoms with Crippen molar-refractivity contribution in [2.75, 3.05) is 10.0 Å². The quantitative estimate of drug-likeness (QED) is 0.335. The average Bonchev–Trinajstić information content (AvgIpc) is 2.83. The molecule has 0 aliphatic carbocycles. The second kappa shape index (κ2) is 10.3. The molecule has 0 saturated heterocycles. The predicted molar refractivity (Wildman–Crippen MR) is 126 cm³/mol. The Morgan fingerprint density at radius 1 is 0.871 bits per heavy atom. The molecule has 0 radical (unpaired) electrons. The van der Waals surface area contributed by atoms with Crippen LogP contribution in [-0.2, 0) is 6.54 Å². The lowest BCUT2D eigenvalue weighted by atomic mass is 10.1. The predicted octanol–water partition coefficient (Wildman–Crippen LogP) is 5.58. The Morgan fingerprint density at radius 3 is 2.42 bits per heavy atom. The van der Waals surface area contributed by atoms with Gasteiger partial charge in [0.2, 0.25) is 0 Å². The van der Waals surface area contributed by atoms with Gasteiger partial charge < -0.3 is 10.0 Å². The van der Waals surface area contributed by atoms with Crippen LogP contribution in [0.1, 0.15) is 5.56 Å². The number of hydrogen-bond acceptors (Lipinski definition) is 5. The van der Waals surface area contributed by atoms with Crippen LogP contribution in [0.5, 0.6) is 0 Å². The highest BCUT2D eigenvalue weighted by molar-refractivity contribution is 8.00. The zero-order valence-corrected chi connectivity index (χ0v) is 17.5. The Balaban J connectivity index is 1.31. The molecule has 3 N–H and O–H groups in total. The molecular formula is C24H21N5OS. The fourth-order valence-electron chi connectivity index (χ4n) is 2.92. The van der Waals surface area contributed by atoms with E-state index in [-0.39, 0.29) is 6.03 Å². The number of carbonyl (C=O) groups is 1. The van der Waals surface area contributed by atoms with Gasteiger partial charge in [-0.1, -0.05) is 60.7 Å². The number of anilines is 2. The molecule has 0 atom stereocenters. The van der Waals surface area contributed by atoms with Gasteiger partial charge in [0.05, 0.1) is 0 Å². The lowest BCUT2D eigenvalue weighted by molar-refractivity contribution is 0.251. The van der Waals surface area contributed by atoms with E-state index in [4.69, 9.17) is 0 Å². The van der Waals surface area contributed by atoms with Crippen LogP contribution in [0, 0.1) is 0 Å². The van der Waals surface area contributed by atoms with Crippen molar-refractivity contribution >= 4 is 29.5 Å². The first-order valence-corrected chi connectivity index (χ1v) is 10.6. The minimum atomic E-state index is -0.311. The van der Waals surface area contributed by atoms with Crippen molar-refractivity contribution in [1.29, 1.82) is 0 Å². The summed E-state index contributed by atoms with van der Waals surface area (Å²) in [5.41, 5.74) is 4.37. The zero-order valence-electron chi connectivity index (χ0n) is 16.7. The highest BCUT2D eigenvalue weighted by Crippen LogP contribution is 2.31. The number of rotatable bonds is 7. The van der Waals surface area contributed by atoms with Gasteiger partial charge in [0, 0.05) is 23.3 Å². The van der Waals surface area contributed by atoms with Gasteiger partial charge in [-0.05, 0) is 52.9 Å². The highest BCUT2D eigenvalue weighted by Gasteiger charge is 2.06. The average molecular weight is 428 g/mol. The fraction of sp³-hybridized carbons (Fsp3) is 0.0417. The molecule has 0 bridgehead atoms. The van der Waals surface area contributed by atoms with E-state index in [1.165, 1.54) is 17.5 Å². The molecule has 6 nitrogen and oxygen atoms in total. The van der Waals surface area contributed by atoms with Crippen LogP contribution >= 0.6 is 11.9 Å². The summed E-state index contributed by atoms with van der Waals surface area (Å²) in [5.74, 6) is 0.458. The van der Waals surface area contributed by atoms with E-state index in [1.54, 1.807) is 24.2 Å². The van der Waals surface area contributed by atoms with Gasteiger partial charge in [-0.2, -0.15) is 0 Å². The molecule has 0 aliphatic rings. The van der Waals surface area contributed by atoms with Crippen molar-refractivity contribution in [1.82, 2.24) is 15.3 Å². The summed E-state index contributed by atoms with van der Waals surface area (Å²) >= 11 is 1.58. The molecule has 0 fully saturated rings. The van der Waals surface area contributed by atoms with Crippen LogP contribution < -0.4 is 15.4 Å². The second-order valence-corrected chi connectivity index (χ2v) is 7.51. The Morgan fingerprint density at radius 2 is 1.65 bits per heavy atom. The van der Waals surface area contributed by atoms with Crippen molar-refractivity contribution < 1.29 is 4.79 Å². The lowest BCUT2D eigenvalue weighted by Crippen LogP contribution is -2.28. The molecule has 31 heavy (non-hydrogen) atoms. The summed E-state index contributed by atoms with van der Waals surface area (Å²) in [4.78, 5) is 20.9. The molecule has 4 aromatic rings. The number of nitrogens with zero attached hydrogens (tertiary/aromatic N) is 2. The molecule has 4 rings (SSSR count). The van der Waals surface area contributed by atoms with E-state index in [2.05, 4.69) is 55.7 Å². The molecule has 0 unspecified atom stereocenters. The van der Waals surface area contributed by atoms with Crippen LogP contribution in [0.25, 0.3) is 11.1 Å². The third-order valence-electron chi connectivity index (χ3n) is 4.48. The minimum Gasteiger partial charge on any atom is -0.334 e. The smallest absolute Gasteiger partial charge is 0.320 e. The van der Waals surface area contributed by atoms with E-state index in [0.29, 0.717) is 12.4 Å². The van der Waals surface area contributed by atoms with Crippen LogP contribution in [0.4, 0.5) is 16.3 Å². The van der Waals surface area contributed by atoms with E-state index in [1.807, 2.05) is 48.5 Å². The van der Waals surface area contributed by atoms with Gasteiger partial charge in [-0.25, -0.2) is 14.8 Å². The normalized spacial score (nSPS) is 10.3. The summed E-state index contributed by atoms with van der Waals surface area (Å²) < 4.78 is 3.40. The summed E-state index contributed by atoms with van der Waals surface area (Å²) in [6, 6.07) is 27.9. The van der Waals surface area contributed by atoms with Gasteiger partial charge in [-0.15, -0.1) is 0 Å². The van der Waals surface area contributed by atoms with E-state index < -0.39 is 0 Å². The number of benzene rings is 3. The Hall–Kier alpha value is -3.84. The van der Waals surface area contributed by atoms with Gasteiger partial charge in [-0.3, -0.25) is 5.32 Å². The minimum absolute atomic E-state index is 0.311. The largest absolute Gasteiger partial charge is 0.334 e. The summed E-state index contributed by atoms with van der Waals surface area (Å²) in [6.45, 7) is 0.418. The monoisotopic (exact) mass is 427 g/mol. The SMILES string of the molecule is O=C(NCc1ccc(NSc2ccccc2-c2ccccc2)cc1)Nc1ccncn1. The number of nitrogens with one attached hydrogen (secondary N) is 3. The first-order chi connectivity index (χ1) is 15.3. The molecule has 2 amide bonds. The third kappa shape index (κ3) is 5.83. The maximum atomic E-state index is 12.0. The van der Waals surface area contributed by atoms with Crippen molar-refractivity contribution in [3.8, 4) is 11.1 Å². The molecule has 0 aliphatic heterocycles. The molecule has 1 heterocycles. The maximum Gasteiger partial charge on any atom is 0.320 e. The number of hydrogen-bond donors (Lipinski definition) is 3. The topological polar surface area (TPSA) is 78.9 Å². The van der Waals surface area contributed by atoms with Crippen LogP contribution in [0.3, 0.4) is 0 Å². The first kappa shape index (κ1) is 20.4.